The van der Waals surface area contributed by atoms with E-state index in [2.05, 4.69) is 13.8 Å². The van der Waals surface area contributed by atoms with Gasteiger partial charge >= 0.3 is 5.97 Å². The Labute approximate surface area is 238 Å². The van der Waals surface area contributed by atoms with Crippen molar-refractivity contribution in [1.82, 2.24) is 0 Å². The fourth-order valence-corrected chi connectivity index (χ4v) is 5.09. The Bertz CT molecular complexity index is 454. The molecule has 0 amide bonds. The van der Waals surface area contributed by atoms with Crippen molar-refractivity contribution in [3.05, 3.63) is 0 Å². The zero-order chi connectivity index (χ0) is 27.8. The van der Waals surface area contributed by atoms with Crippen molar-refractivity contribution < 1.29 is 19.4 Å². The minimum absolute atomic E-state index is 0.164. The van der Waals surface area contributed by atoms with Crippen LogP contribution in [0.5, 0.6) is 0 Å². The first kappa shape index (κ1) is 37.4. The summed E-state index contributed by atoms with van der Waals surface area (Å²) in [5, 5.41) is 9.51. The molecular weight excluding hydrogens is 472 g/mol. The lowest BCUT2D eigenvalue weighted by atomic mass is 10.0. The molecule has 228 valence electrons. The van der Waals surface area contributed by atoms with E-state index in [1.54, 1.807) is 0 Å². The molecule has 1 atom stereocenters. The number of rotatable bonds is 32. The second-order valence-corrected chi connectivity index (χ2v) is 11.6. The second-order valence-electron chi connectivity index (χ2n) is 11.6. The van der Waals surface area contributed by atoms with Crippen LogP contribution >= 0.6 is 0 Å². The van der Waals surface area contributed by atoms with Crippen LogP contribution in [0.2, 0.25) is 0 Å². The molecule has 0 bridgehead atoms. The van der Waals surface area contributed by atoms with E-state index in [4.69, 9.17) is 9.47 Å². The van der Waals surface area contributed by atoms with Gasteiger partial charge in [0, 0.05) is 13.0 Å². The molecule has 0 rings (SSSR count). The summed E-state index contributed by atoms with van der Waals surface area (Å²) in [5.41, 5.74) is 0. The molecule has 0 heterocycles. The van der Waals surface area contributed by atoms with Crippen LogP contribution in [0.25, 0.3) is 0 Å². The third-order valence-corrected chi connectivity index (χ3v) is 7.68. The summed E-state index contributed by atoms with van der Waals surface area (Å²) in [6.45, 7) is 5.36. The van der Waals surface area contributed by atoms with Crippen molar-refractivity contribution in [3.63, 3.8) is 0 Å². The average molecular weight is 541 g/mol. The zero-order valence-corrected chi connectivity index (χ0v) is 26.0. The van der Waals surface area contributed by atoms with Crippen molar-refractivity contribution in [2.75, 3.05) is 19.8 Å². The zero-order valence-electron chi connectivity index (χ0n) is 26.0. The van der Waals surface area contributed by atoms with Gasteiger partial charge in [-0.15, -0.1) is 0 Å². The number of hydrogen-bond acceptors (Lipinski definition) is 4. The highest BCUT2D eigenvalue weighted by Gasteiger charge is 2.13. The maximum Gasteiger partial charge on any atom is 0.306 e. The minimum atomic E-state index is -0.522. The molecule has 0 aliphatic carbocycles. The first-order chi connectivity index (χ1) is 18.7. The molecular formula is C34H68O4. The van der Waals surface area contributed by atoms with Crippen LogP contribution in [0.15, 0.2) is 0 Å². The van der Waals surface area contributed by atoms with Crippen molar-refractivity contribution in [2.24, 2.45) is 0 Å². The van der Waals surface area contributed by atoms with Crippen LogP contribution in [0, 0.1) is 0 Å². The van der Waals surface area contributed by atoms with Crippen LogP contribution in [0.1, 0.15) is 187 Å². The summed E-state index contributed by atoms with van der Waals surface area (Å²) in [4.78, 5) is 12.1. The Balaban J connectivity index is 3.37. The Morgan fingerprint density at radius 2 is 0.868 bits per heavy atom. The summed E-state index contributed by atoms with van der Waals surface area (Å²) in [7, 11) is 0. The Morgan fingerprint density at radius 1 is 0.526 bits per heavy atom. The minimum Gasteiger partial charge on any atom is -0.457 e. The van der Waals surface area contributed by atoms with E-state index in [9.17, 15) is 9.90 Å². The number of hydrogen-bond donors (Lipinski definition) is 1. The summed E-state index contributed by atoms with van der Waals surface area (Å²) in [6, 6.07) is 0. The highest BCUT2D eigenvalue weighted by atomic mass is 16.6. The van der Waals surface area contributed by atoms with E-state index in [0.29, 0.717) is 19.6 Å². The molecule has 1 N–H and O–H groups in total. The maximum atomic E-state index is 12.1. The number of aliphatic hydroxyl groups excluding tert-OH is 1. The van der Waals surface area contributed by atoms with Gasteiger partial charge in [-0.2, -0.15) is 0 Å². The Hall–Kier alpha value is -0.610. The van der Waals surface area contributed by atoms with Crippen LogP contribution in [0.3, 0.4) is 0 Å². The molecule has 0 aromatic rings. The molecule has 0 aromatic carbocycles. The lowest BCUT2D eigenvalue weighted by Crippen LogP contribution is -2.27. The summed E-state index contributed by atoms with van der Waals surface area (Å²) >= 11 is 0. The normalized spacial score (nSPS) is 12.2. The van der Waals surface area contributed by atoms with Gasteiger partial charge in [0.1, 0.15) is 6.10 Å². The maximum absolute atomic E-state index is 12.1. The second kappa shape index (κ2) is 32.6. The number of carbonyl (C=O) groups is 1. The molecule has 0 saturated heterocycles. The van der Waals surface area contributed by atoms with Gasteiger partial charge in [0.2, 0.25) is 0 Å². The topological polar surface area (TPSA) is 55.8 Å². The van der Waals surface area contributed by atoms with Gasteiger partial charge in [-0.1, -0.05) is 168 Å². The molecule has 38 heavy (non-hydrogen) atoms. The van der Waals surface area contributed by atoms with Crippen molar-refractivity contribution in [2.45, 2.75) is 193 Å². The highest BCUT2D eigenvalue weighted by molar-refractivity contribution is 5.69. The van der Waals surface area contributed by atoms with Crippen molar-refractivity contribution in [3.8, 4) is 0 Å². The van der Waals surface area contributed by atoms with Gasteiger partial charge in [0.15, 0.2) is 0 Å². The quantitative estimate of drug-likeness (QED) is 0.0681. The Morgan fingerprint density at radius 3 is 1.24 bits per heavy atom. The molecule has 0 fully saturated rings. The van der Waals surface area contributed by atoms with Crippen LogP contribution in [-0.2, 0) is 14.3 Å². The fourth-order valence-electron chi connectivity index (χ4n) is 5.09. The first-order valence-corrected chi connectivity index (χ1v) is 17.1. The van der Waals surface area contributed by atoms with Gasteiger partial charge in [-0.05, 0) is 12.8 Å². The number of unbranched alkanes of at least 4 members (excludes halogenated alkanes) is 24. The smallest absolute Gasteiger partial charge is 0.306 e. The fraction of sp³-hybridized carbons (Fsp3) is 0.971. The third kappa shape index (κ3) is 29.9. The number of aliphatic hydroxyl groups is 1. The summed E-state index contributed by atoms with van der Waals surface area (Å²) < 4.78 is 11.1. The molecule has 4 heteroatoms. The first-order valence-electron chi connectivity index (χ1n) is 17.1. The predicted octanol–water partition coefficient (Wildman–Crippen LogP) is 10.5. The largest absolute Gasteiger partial charge is 0.457 e. The third-order valence-electron chi connectivity index (χ3n) is 7.68. The summed E-state index contributed by atoms with van der Waals surface area (Å²) in [6.07, 6.45) is 34.2. The number of carbonyl (C=O) groups excluding carboxylic acids is 1. The van der Waals surface area contributed by atoms with E-state index in [1.807, 2.05) is 0 Å². The molecule has 0 aliphatic rings. The lowest BCUT2D eigenvalue weighted by molar-refractivity contribution is -0.154. The standard InChI is InChI=1S/C34H68O4/c1-3-5-7-9-11-13-15-16-17-18-19-20-22-24-26-28-30-37-32-33(31-35)38-34(36)29-27-25-23-21-14-12-10-8-6-4-2/h33,35H,3-32H2,1-2H3. The van der Waals surface area contributed by atoms with Gasteiger partial charge < -0.3 is 14.6 Å². The van der Waals surface area contributed by atoms with Crippen molar-refractivity contribution >= 4 is 5.97 Å². The monoisotopic (exact) mass is 541 g/mol. The average Bonchev–Trinajstić information content (AvgIpc) is 2.92. The molecule has 0 spiro atoms. The lowest BCUT2D eigenvalue weighted by Gasteiger charge is -2.16. The van der Waals surface area contributed by atoms with E-state index >= 15 is 0 Å². The van der Waals surface area contributed by atoms with Crippen LogP contribution < -0.4 is 0 Å². The van der Waals surface area contributed by atoms with Crippen LogP contribution in [-0.4, -0.2) is 37.0 Å². The SMILES string of the molecule is CCCCCCCCCCCCCCCCCCOCC(CO)OC(=O)CCCCCCCCCCCC. The number of esters is 1. The summed E-state index contributed by atoms with van der Waals surface area (Å²) in [5.74, 6) is -0.199. The number of ether oxygens (including phenoxy) is 2. The molecule has 0 aliphatic heterocycles. The van der Waals surface area contributed by atoms with E-state index in [1.165, 1.54) is 148 Å². The van der Waals surface area contributed by atoms with Crippen LogP contribution in [0.4, 0.5) is 0 Å². The van der Waals surface area contributed by atoms with Crippen molar-refractivity contribution in [1.29, 1.82) is 0 Å². The van der Waals surface area contributed by atoms with Gasteiger partial charge in [-0.25, -0.2) is 0 Å². The molecule has 0 saturated carbocycles. The molecule has 0 radical (unpaired) electrons. The predicted molar refractivity (Wildman–Crippen MR) is 164 cm³/mol. The van der Waals surface area contributed by atoms with Gasteiger partial charge in [0.25, 0.3) is 0 Å². The molecule has 4 nitrogen and oxygen atoms in total. The highest BCUT2D eigenvalue weighted by Crippen LogP contribution is 2.14. The Kier molecular flexibility index (Phi) is 32.1. The van der Waals surface area contributed by atoms with Gasteiger partial charge in [0.05, 0.1) is 13.2 Å². The molecule has 1 unspecified atom stereocenters. The van der Waals surface area contributed by atoms with E-state index in [0.717, 1.165) is 19.3 Å². The van der Waals surface area contributed by atoms with Gasteiger partial charge in [-0.3, -0.25) is 4.79 Å². The van der Waals surface area contributed by atoms with E-state index < -0.39 is 6.10 Å². The molecule has 0 aromatic heterocycles. The van der Waals surface area contributed by atoms with E-state index in [-0.39, 0.29) is 12.6 Å².